The molecule has 1 saturated heterocycles. The van der Waals surface area contributed by atoms with Crippen molar-refractivity contribution in [3.8, 4) is 11.5 Å². The number of nitrogens with zero attached hydrogens (tertiary/aromatic N) is 1. The number of hydrogen-bond donors (Lipinski definition) is 2. The fourth-order valence-corrected chi connectivity index (χ4v) is 5.51. The Morgan fingerprint density at radius 3 is 2.42 bits per heavy atom. The molecule has 2 aromatic carbocycles. The number of nitrogens with one attached hydrogen (secondary N) is 2. The van der Waals surface area contributed by atoms with Gasteiger partial charge in [0.1, 0.15) is 11.5 Å². The summed E-state index contributed by atoms with van der Waals surface area (Å²) in [6.45, 7) is 0.604. The molecule has 0 radical (unpaired) electrons. The maximum atomic E-state index is 13.2. The second kappa shape index (κ2) is 11.2. The maximum Gasteiger partial charge on any atom is 0.313 e. The lowest BCUT2D eigenvalue weighted by atomic mass is 10.0. The summed E-state index contributed by atoms with van der Waals surface area (Å²) in [5.41, 5.74) is 0.443. The van der Waals surface area contributed by atoms with Crippen LogP contribution in [0.3, 0.4) is 0 Å². The van der Waals surface area contributed by atoms with Crippen LogP contribution in [0.25, 0.3) is 0 Å². The molecule has 2 N–H and O–H groups in total. The molecule has 2 amide bonds. The highest BCUT2D eigenvalue weighted by molar-refractivity contribution is 7.89. The fourth-order valence-electron chi connectivity index (χ4n) is 3.78. The van der Waals surface area contributed by atoms with Gasteiger partial charge in [-0.3, -0.25) is 9.59 Å². The molecule has 9 nitrogen and oxygen atoms in total. The third kappa shape index (κ3) is 6.23. The van der Waals surface area contributed by atoms with Gasteiger partial charge in [0, 0.05) is 30.9 Å². The van der Waals surface area contributed by atoms with Crippen molar-refractivity contribution in [2.75, 3.05) is 32.6 Å². The summed E-state index contributed by atoms with van der Waals surface area (Å²) in [6, 6.07) is 12.7. The Morgan fingerprint density at radius 1 is 1.00 bits per heavy atom. The molecule has 2 aromatic rings. The van der Waals surface area contributed by atoms with Crippen molar-refractivity contribution in [2.24, 2.45) is 0 Å². The molecule has 1 aliphatic rings. The smallest absolute Gasteiger partial charge is 0.313 e. The van der Waals surface area contributed by atoms with Gasteiger partial charge in [-0.2, -0.15) is 4.31 Å². The van der Waals surface area contributed by atoms with Gasteiger partial charge in [-0.15, -0.1) is 0 Å². The van der Waals surface area contributed by atoms with Crippen molar-refractivity contribution in [1.82, 2.24) is 9.62 Å². The van der Waals surface area contributed by atoms with Crippen LogP contribution in [0.5, 0.6) is 11.5 Å². The summed E-state index contributed by atoms with van der Waals surface area (Å²) in [7, 11) is -0.642. The summed E-state index contributed by atoms with van der Waals surface area (Å²) in [6.07, 6.45) is 2.79. The molecule has 1 atom stereocenters. The first-order valence-electron chi connectivity index (χ1n) is 10.7. The number of benzene rings is 2. The number of rotatable bonds is 8. The third-order valence-electron chi connectivity index (χ3n) is 5.54. The first kappa shape index (κ1) is 24.5. The Kier molecular flexibility index (Phi) is 8.29. The zero-order chi connectivity index (χ0) is 23.8. The summed E-state index contributed by atoms with van der Waals surface area (Å²) >= 11 is 0. The zero-order valence-corrected chi connectivity index (χ0v) is 19.6. The SMILES string of the molecule is COc1ccc(S(=O)(=O)N2CCCC[C@H]2CCNC(=O)C(=O)Nc2cccc(OC)c2)cc1. The van der Waals surface area contributed by atoms with Crippen molar-refractivity contribution < 1.29 is 27.5 Å². The summed E-state index contributed by atoms with van der Waals surface area (Å²) in [5.74, 6) is -0.435. The number of amides is 2. The van der Waals surface area contributed by atoms with E-state index < -0.39 is 21.8 Å². The average molecular weight is 476 g/mol. The van der Waals surface area contributed by atoms with Crippen LogP contribution in [0.15, 0.2) is 53.4 Å². The number of carbonyl (C=O) groups excluding carboxylic acids is 2. The van der Waals surface area contributed by atoms with E-state index in [1.54, 1.807) is 36.4 Å². The lowest BCUT2D eigenvalue weighted by molar-refractivity contribution is -0.136. The Labute approximate surface area is 194 Å². The third-order valence-corrected chi connectivity index (χ3v) is 7.50. The summed E-state index contributed by atoms with van der Waals surface area (Å²) < 4.78 is 38.1. The molecular formula is C23H29N3O6S. The van der Waals surface area contributed by atoms with Crippen LogP contribution in [-0.4, -0.2) is 57.9 Å². The molecule has 0 saturated carbocycles. The molecule has 10 heteroatoms. The monoisotopic (exact) mass is 475 g/mol. The molecule has 1 aliphatic heterocycles. The van der Waals surface area contributed by atoms with Gasteiger partial charge in [-0.05, 0) is 55.7 Å². The van der Waals surface area contributed by atoms with E-state index in [1.165, 1.54) is 30.7 Å². The largest absolute Gasteiger partial charge is 0.497 e. The lowest BCUT2D eigenvalue weighted by Gasteiger charge is -2.34. The molecule has 0 unspecified atom stereocenters. The van der Waals surface area contributed by atoms with Crippen molar-refractivity contribution in [3.63, 3.8) is 0 Å². The number of ether oxygens (including phenoxy) is 2. The normalized spacial score (nSPS) is 16.6. The van der Waals surface area contributed by atoms with Gasteiger partial charge in [0.25, 0.3) is 0 Å². The van der Waals surface area contributed by atoms with E-state index in [0.29, 0.717) is 36.6 Å². The predicted octanol–water partition coefficient (Wildman–Crippen LogP) is 2.39. The first-order chi connectivity index (χ1) is 15.8. The van der Waals surface area contributed by atoms with Gasteiger partial charge in [-0.25, -0.2) is 8.42 Å². The highest BCUT2D eigenvalue weighted by Crippen LogP contribution is 2.28. The summed E-state index contributed by atoms with van der Waals surface area (Å²) in [4.78, 5) is 24.6. The van der Waals surface area contributed by atoms with E-state index >= 15 is 0 Å². The Bertz CT molecular complexity index is 1070. The van der Waals surface area contributed by atoms with Crippen molar-refractivity contribution in [1.29, 1.82) is 0 Å². The highest BCUT2D eigenvalue weighted by atomic mass is 32.2. The van der Waals surface area contributed by atoms with Gasteiger partial charge < -0.3 is 20.1 Å². The minimum atomic E-state index is -3.68. The molecule has 1 heterocycles. The van der Waals surface area contributed by atoms with E-state index in [0.717, 1.165) is 12.8 Å². The van der Waals surface area contributed by atoms with Crippen molar-refractivity contribution in [2.45, 2.75) is 36.6 Å². The summed E-state index contributed by atoms with van der Waals surface area (Å²) in [5, 5.41) is 5.11. The van der Waals surface area contributed by atoms with Crippen LogP contribution in [-0.2, 0) is 19.6 Å². The Hall–Kier alpha value is -3.11. The Morgan fingerprint density at radius 2 is 1.73 bits per heavy atom. The minimum Gasteiger partial charge on any atom is -0.497 e. The van der Waals surface area contributed by atoms with Crippen LogP contribution in [0, 0.1) is 0 Å². The van der Waals surface area contributed by atoms with Crippen LogP contribution in [0.4, 0.5) is 5.69 Å². The topological polar surface area (TPSA) is 114 Å². The number of methoxy groups -OCH3 is 2. The van der Waals surface area contributed by atoms with E-state index in [9.17, 15) is 18.0 Å². The van der Waals surface area contributed by atoms with Gasteiger partial charge in [0.2, 0.25) is 10.0 Å². The van der Waals surface area contributed by atoms with Crippen LogP contribution < -0.4 is 20.1 Å². The predicted molar refractivity (Wildman–Crippen MR) is 124 cm³/mol. The molecule has 0 bridgehead atoms. The second-order valence-electron chi connectivity index (χ2n) is 7.67. The van der Waals surface area contributed by atoms with Crippen LogP contribution >= 0.6 is 0 Å². The van der Waals surface area contributed by atoms with Gasteiger partial charge >= 0.3 is 11.8 Å². The van der Waals surface area contributed by atoms with E-state index in [4.69, 9.17) is 9.47 Å². The minimum absolute atomic E-state index is 0.184. The molecule has 178 valence electrons. The van der Waals surface area contributed by atoms with E-state index in [1.807, 2.05) is 0 Å². The Balaban J connectivity index is 1.57. The molecule has 0 aliphatic carbocycles. The lowest BCUT2D eigenvalue weighted by Crippen LogP contribution is -2.45. The molecule has 3 rings (SSSR count). The van der Waals surface area contributed by atoms with Crippen LogP contribution in [0.1, 0.15) is 25.7 Å². The van der Waals surface area contributed by atoms with Gasteiger partial charge in [-0.1, -0.05) is 12.5 Å². The first-order valence-corrected chi connectivity index (χ1v) is 12.2. The molecule has 0 spiro atoms. The fraction of sp³-hybridized carbons (Fsp3) is 0.391. The molecular weight excluding hydrogens is 446 g/mol. The standard InChI is InChI=1S/C23H29N3O6S/c1-31-19-9-11-21(12-10-19)33(29,30)26-15-4-3-7-18(26)13-14-24-22(27)23(28)25-17-6-5-8-20(16-17)32-2/h5-6,8-12,16,18H,3-4,7,13-15H2,1-2H3,(H,24,27)(H,25,28)/t18-/m0/s1. The van der Waals surface area contributed by atoms with Crippen LogP contribution in [0.2, 0.25) is 0 Å². The molecule has 33 heavy (non-hydrogen) atoms. The molecule has 0 aromatic heterocycles. The zero-order valence-electron chi connectivity index (χ0n) is 18.7. The number of piperidine rings is 1. The average Bonchev–Trinajstić information content (AvgIpc) is 2.84. The number of sulfonamides is 1. The van der Waals surface area contributed by atoms with Crippen molar-refractivity contribution in [3.05, 3.63) is 48.5 Å². The maximum absolute atomic E-state index is 13.2. The van der Waals surface area contributed by atoms with E-state index in [-0.39, 0.29) is 17.5 Å². The highest BCUT2D eigenvalue weighted by Gasteiger charge is 2.33. The number of anilines is 1. The quantitative estimate of drug-likeness (QED) is 0.567. The van der Waals surface area contributed by atoms with Crippen molar-refractivity contribution >= 4 is 27.5 Å². The van der Waals surface area contributed by atoms with Gasteiger partial charge in [0.15, 0.2) is 0 Å². The second-order valence-corrected chi connectivity index (χ2v) is 9.56. The number of carbonyl (C=O) groups is 2. The number of hydrogen-bond acceptors (Lipinski definition) is 6. The van der Waals surface area contributed by atoms with Gasteiger partial charge in [0.05, 0.1) is 19.1 Å². The van der Waals surface area contributed by atoms with E-state index in [2.05, 4.69) is 10.6 Å². The molecule has 1 fully saturated rings.